The molecule has 0 aliphatic carbocycles. The molecule has 2 unspecified atom stereocenters. The predicted molar refractivity (Wildman–Crippen MR) is 72.1 cm³/mol. The summed E-state index contributed by atoms with van der Waals surface area (Å²) in [4.78, 5) is 14.7. The maximum absolute atomic E-state index is 10.8. The topological polar surface area (TPSA) is 96.4 Å². The number of aromatic nitrogens is 1. The van der Waals surface area contributed by atoms with Crippen LogP contribution in [-0.2, 0) is 4.79 Å². The van der Waals surface area contributed by atoms with E-state index >= 15 is 0 Å². The minimum atomic E-state index is -1.08. The molecule has 1 heterocycles. The highest BCUT2D eigenvalue weighted by atomic mass is 32.2. The molecule has 0 aliphatic rings. The van der Waals surface area contributed by atoms with Crippen molar-refractivity contribution in [2.45, 2.75) is 32.5 Å². The van der Waals surface area contributed by atoms with Crippen molar-refractivity contribution in [3.8, 4) is 0 Å². The fourth-order valence-corrected chi connectivity index (χ4v) is 2.17. The molecule has 1 aromatic rings. The van der Waals surface area contributed by atoms with Crippen LogP contribution in [0.5, 0.6) is 0 Å². The molecule has 0 aliphatic heterocycles. The number of aliphatic hydroxyl groups excluding tert-OH is 2. The molecule has 18 heavy (non-hydrogen) atoms. The number of rotatable bonds is 5. The third-order valence-electron chi connectivity index (χ3n) is 2.49. The van der Waals surface area contributed by atoms with Gasteiger partial charge in [0.25, 0.3) is 0 Å². The van der Waals surface area contributed by atoms with E-state index in [4.69, 9.17) is 5.73 Å². The molecule has 2 atom stereocenters. The number of aryl methyl sites for hydroxylation is 1. The Morgan fingerprint density at radius 3 is 2.83 bits per heavy atom. The van der Waals surface area contributed by atoms with Crippen molar-refractivity contribution in [1.29, 1.82) is 0 Å². The Labute approximate surface area is 110 Å². The van der Waals surface area contributed by atoms with Crippen LogP contribution in [-0.4, -0.2) is 32.2 Å². The van der Waals surface area contributed by atoms with Crippen molar-refractivity contribution < 1.29 is 15.0 Å². The quantitative estimate of drug-likeness (QED) is 0.739. The van der Waals surface area contributed by atoms with Crippen molar-refractivity contribution in [3.63, 3.8) is 0 Å². The lowest BCUT2D eigenvalue weighted by Gasteiger charge is -2.19. The summed E-state index contributed by atoms with van der Waals surface area (Å²) in [6.45, 7) is 3.30. The standard InChI is InChI=1S/C12H18N2O3S/c1-7-5-9(12(13)14-6-7)11(17)10(16)3-4-18-8(2)15/h5-6,10-11,16-17H,3-4H2,1-2H3,(H2,13,14). The highest BCUT2D eigenvalue weighted by molar-refractivity contribution is 8.13. The average Bonchev–Trinajstić information content (AvgIpc) is 2.30. The van der Waals surface area contributed by atoms with Crippen LogP contribution in [0.25, 0.3) is 0 Å². The van der Waals surface area contributed by atoms with Crippen LogP contribution in [0, 0.1) is 6.92 Å². The van der Waals surface area contributed by atoms with Crippen LogP contribution in [0.1, 0.15) is 30.6 Å². The normalized spacial score (nSPS) is 14.2. The number of hydrogen-bond acceptors (Lipinski definition) is 6. The van der Waals surface area contributed by atoms with E-state index in [1.807, 2.05) is 6.92 Å². The molecular weight excluding hydrogens is 252 g/mol. The monoisotopic (exact) mass is 270 g/mol. The van der Waals surface area contributed by atoms with Crippen LogP contribution in [0.15, 0.2) is 12.3 Å². The fraction of sp³-hybridized carbons (Fsp3) is 0.500. The Kier molecular flexibility index (Phi) is 5.58. The molecule has 1 rings (SSSR count). The van der Waals surface area contributed by atoms with Crippen LogP contribution < -0.4 is 5.73 Å². The summed E-state index contributed by atoms with van der Waals surface area (Å²) < 4.78 is 0. The molecule has 0 bridgehead atoms. The van der Waals surface area contributed by atoms with E-state index < -0.39 is 12.2 Å². The van der Waals surface area contributed by atoms with Crippen molar-refractivity contribution in [2.75, 3.05) is 11.5 Å². The molecule has 0 aromatic carbocycles. The number of hydrogen-bond donors (Lipinski definition) is 3. The highest BCUT2D eigenvalue weighted by Gasteiger charge is 2.21. The van der Waals surface area contributed by atoms with Gasteiger partial charge in [-0.05, 0) is 25.0 Å². The summed E-state index contributed by atoms with van der Waals surface area (Å²) in [5.74, 6) is 0.679. The summed E-state index contributed by atoms with van der Waals surface area (Å²) in [7, 11) is 0. The molecule has 0 amide bonds. The maximum Gasteiger partial charge on any atom is 0.185 e. The van der Waals surface area contributed by atoms with Gasteiger partial charge in [-0.15, -0.1) is 0 Å². The number of carbonyl (C=O) groups excluding carboxylic acids is 1. The molecule has 1 aromatic heterocycles. The second-order valence-corrected chi connectivity index (χ2v) is 5.40. The van der Waals surface area contributed by atoms with Crippen LogP contribution >= 0.6 is 11.8 Å². The van der Waals surface area contributed by atoms with Gasteiger partial charge in [-0.3, -0.25) is 4.79 Å². The molecular formula is C12H18N2O3S. The van der Waals surface area contributed by atoms with Crippen LogP contribution in [0.4, 0.5) is 5.82 Å². The summed E-state index contributed by atoms with van der Waals surface area (Å²) in [6.07, 6.45) is -0.116. The van der Waals surface area contributed by atoms with Gasteiger partial charge in [-0.25, -0.2) is 4.98 Å². The predicted octanol–water partition coefficient (Wildman–Crippen LogP) is 1.04. The SMILES string of the molecule is CC(=O)SCCC(O)C(O)c1cc(C)cnc1N. The number of anilines is 1. The number of nitrogens with zero attached hydrogens (tertiary/aromatic N) is 1. The molecule has 5 nitrogen and oxygen atoms in total. The number of thioether (sulfide) groups is 1. The van der Waals surface area contributed by atoms with Gasteiger partial charge < -0.3 is 15.9 Å². The van der Waals surface area contributed by atoms with Crippen molar-refractivity contribution in [2.24, 2.45) is 0 Å². The average molecular weight is 270 g/mol. The molecule has 4 N–H and O–H groups in total. The molecule has 0 saturated heterocycles. The van der Waals surface area contributed by atoms with E-state index in [9.17, 15) is 15.0 Å². The zero-order valence-corrected chi connectivity index (χ0v) is 11.3. The molecule has 0 spiro atoms. The smallest absolute Gasteiger partial charge is 0.185 e. The van der Waals surface area contributed by atoms with E-state index in [1.165, 1.54) is 6.92 Å². The van der Waals surface area contributed by atoms with Gasteiger partial charge >= 0.3 is 0 Å². The van der Waals surface area contributed by atoms with Crippen molar-refractivity contribution >= 4 is 22.7 Å². The zero-order chi connectivity index (χ0) is 13.7. The van der Waals surface area contributed by atoms with Gasteiger partial charge in [-0.2, -0.15) is 0 Å². The number of carbonyl (C=O) groups is 1. The molecule has 0 fully saturated rings. The van der Waals surface area contributed by atoms with Crippen LogP contribution in [0.3, 0.4) is 0 Å². The van der Waals surface area contributed by atoms with E-state index in [1.54, 1.807) is 12.3 Å². The second-order valence-electron chi connectivity index (χ2n) is 4.13. The maximum atomic E-state index is 10.8. The minimum Gasteiger partial charge on any atom is -0.390 e. The van der Waals surface area contributed by atoms with Gasteiger partial charge in [-0.1, -0.05) is 11.8 Å². The molecule has 100 valence electrons. The zero-order valence-electron chi connectivity index (χ0n) is 10.5. The Morgan fingerprint density at radius 1 is 1.56 bits per heavy atom. The molecule has 0 saturated carbocycles. The van der Waals surface area contributed by atoms with Crippen LogP contribution in [0.2, 0.25) is 0 Å². The number of pyridine rings is 1. The first-order chi connectivity index (χ1) is 8.41. The Morgan fingerprint density at radius 2 is 2.22 bits per heavy atom. The third-order valence-corrected chi connectivity index (χ3v) is 3.33. The van der Waals surface area contributed by atoms with Gasteiger partial charge in [0, 0.05) is 24.4 Å². The second kappa shape index (κ2) is 6.72. The molecule has 6 heteroatoms. The first-order valence-corrected chi connectivity index (χ1v) is 6.62. The number of nitrogens with two attached hydrogens (primary N) is 1. The summed E-state index contributed by atoms with van der Waals surface area (Å²) in [5.41, 5.74) is 6.95. The van der Waals surface area contributed by atoms with Gasteiger partial charge in [0.15, 0.2) is 5.12 Å². The van der Waals surface area contributed by atoms with Crippen molar-refractivity contribution in [3.05, 3.63) is 23.4 Å². The van der Waals surface area contributed by atoms with E-state index in [0.29, 0.717) is 17.7 Å². The first kappa shape index (κ1) is 14.9. The van der Waals surface area contributed by atoms with E-state index in [-0.39, 0.29) is 10.9 Å². The van der Waals surface area contributed by atoms with Gasteiger partial charge in [0.1, 0.15) is 11.9 Å². The lowest BCUT2D eigenvalue weighted by molar-refractivity contribution is -0.109. The lowest BCUT2D eigenvalue weighted by atomic mass is 10.0. The number of aliphatic hydroxyl groups is 2. The summed E-state index contributed by atoms with van der Waals surface area (Å²) in [6, 6.07) is 1.70. The largest absolute Gasteiger partial charge is 0.390 e. The highest BCUT2D eigenvalue weighted by Crippen LogP contribution is 2.24. The van der Waals surface area contributed by atoms with Crippen molar-refractivity contribution in [1.82, 2.24) is 4.98 Å². The summed E-state index contributed by atoms with van der Waals surface area (Å²) in [5, 5.41) is 19.8. The Balaban J connectivity index is 2.64. The number of nitrogen functional groups attached to an aromatic ring is 1. The Bertz CT molecular complexity index is 426. The third kappa shape index (κ3) is 4.29. The molecule has 0 radical (unpaired) electrons. The minimum absolute atomic E-state index is 0.00609. The van der Waals surface area contributed by atoms with E-state index in [2.05, 4.69) is 4.98 Å². The van der Waals surface area contributed by atoms with Gasteiger partial charge in [0.2, 0.25) is 0 Å². The fourth-order valence-electron chi connectivity index (χ4n) is 1.53. The van der Waals surface area contributed by atoms with E-state index in [0.717, 1.165) is 17.3 Å². The first-order valence-electron chi connectivity index (χ1n) is 5.63. The lowest BCUT2D eigenvalue weighted by Crippen LogP contribution is -2.20. The van der Waals surface area contributed by atoms with Gasteiger partial charge in [0.05, 0.1) is 6.10 Å². The Hall–Kier alpha value is -1.11. The summed E-state index contributed by atoms with van der Waals surface area (Å²) >= 11 is 1.12.